The van der Waals surface area contributed by atoms with Crippen LogP contribution in [0.25, 0.3) is 186 Å². The van der Waals surface area contributed by atoms with Gasteiger partial charge in [-0.25, -0.2) is 0 Å². The van der Waals surface area contributed by atoms with Gasteiger partial charge in [-0.05, 0) is 239 Å². The fourth-order valence-corrected chi connectivity index (χ4v) is 20.5. The van der Waals surface area contributed by atoms with Crippen molar-refractivity contribution in [1.29, 1.82) is 0 Å². The number of fused-ring (bicyclic) bond motifs is 30. The molecule has 0 atom stereocenters. The Bertz CT molecular complexity index is 7490. The average Bonchev–Trinajstić information content (AvgIpc) is 1.47. The molecule has 0 saturated carbocycles. The molecule has 2 aliphatic rings. The highest BCUT2D eigenvalue weighted by Gasteiger charge is 2.44. The van der Waals surface area contributed by atoms with E-state index < -0.39 is 0 Å². The van der Waals surface area contributed by atoms with E-state index in [-0.39, 0.29) is 33.8 Å². The number of benzene rings is 16. The highest BCUT2D eigenvalue weighted by atomic mass is 15.0. The van der Waals surface area contributed by atoms with E-state index in [0.717, 1.165) is 22.5 Å². The molecule has 0 unspecified atom stereocenters. The lowest BCUT2D eigenvalue weighted by molar-refractivity contribution is 0.590. The average molecular weight is 1450 g/mol. The number of hydrogen-bond acceptors (Lipinski definition) is 0. The summed E-state index contributed by atoms with van der Waals surface area (Å²) >= 11 is 0. The van der Waals surface area contributed by atoms with Gasteiger partial charge in [0, 0.05) is 82.0 Å². The summed E-state index contributed by atoms with van der Waals surface area (Å²) in [5.74, 6) is 0.340. The lowest BCUT2D eigenvalue weighted by Crippen LogP contribution is -2.59. The third-order valence-electron chi connectivity index (χ3n) is 26.4. The monoisotopic (exact) mass is 1440 g/mol. The van der Waals surface area contributed by atoms with E-state index in [1.165, 1.54) is 213 Å². The summed E-state index contributed by atoms with van der Waals surface area (Å²) in [7, 11) is 0. The van der Waals surface area contributed by atoms with E-state index in [4.69, 9.17) is 0 Å². The second-order valence-corrected chi connectivity index (χ2v) is 38.7. The van der Waals surface area contributed by atoms with Crippen molar-refractivity contribution in [2.45, 2.75) is 151 Å². The SMILES string of the molecule is CC(C)c1ccc2c(c1)c1cc(C(C)(C)C)cc3c1n2-c1cc(-c2ccc(-n4c5ccc(C(C)(C)C)cc5c5cc(C(C)(C)C)ccc54)cc2-n2c4ccc(C(C)(C)C)cc4c4cc(C(C)(C)C)ccc42)cc2c1B3c1cc3c4ccccc4c4ccccc4c3c3c4c5c6ccccc6c6ccccc6c5ccc4n-2c13. The van der Waals surface area contributed by atoms with Crippen molar-refractivity contribution in [2.24, 2.45) is 0 Å². The first-order valence-electron chi connectivity index (χ1n) is 40.8. The lowest BCUT2D eigenvalue weighted by atomic mass is 9.34. The molecule has 544 valence electrons. The molecule has 0 aliphatic carbocycles. The smallest absolute Gasteiger partial charge is 0.252 e. The van der Waals surface area contributed by atoms with Gasteiger partial charge < -0.3 is 18.3 Å². The van der Waals surface area contributed by atoms with Crippen LogP contribution < -0.4 is 16.4 Å². The van der Waals surface area contributed by atoms with Crippen LogP contribution >= 0.6 is 0 Å². The fourth-order valence-electron chi connectivity index (χ4n) is 20.5. The van der Waals surface area contributed by atoms with Crippen LogP contribution in [0.4, 0.5) is 0 Å². The molecule has 4 aromatic heterocycles. The van der Waals surface area contributed by atoms with Crippen molar-refractivity contribution < 1.29 is 0 Å². The Kier molecular flexibility index (Phi) is 13.6. The minimum absolute atomic E-state index is 0.0500. The maximum absolute atomic E-state index is 2.79. The molecule has 0 N–H and O–H groups in total. The Labute approximate surface area is 655 Å². The predicted molar refractivity (Wildman–Crippen MR) is 487 cm³/mol. The first kappa shape index (κ1) is 67.3. The molecule has 2 aliphatic heterocycles. The highest BCUT2D eigenvalue weighted by molar-refractivity contribution is 7.00. The molecule has 0 radical (unpaired) electrons. The van der Waals surface area contributed by atoms with Crippen molar-refractivity contribution in [2.75, 3.05) is 0 Å². The van der Waals surface area contributed by atoms with Gasteiger partial charge in [-0.2, -0.15) is 0 Å². The maximum Gasteiger partial charge on any atom is 0.252 e. The van der Waals surface area contributed by atoms with E-state index >= 15 is 0 Å². The Morgan fingerprint density at radius 1 is 0.250 bits per heavy atom. The van der Waals surface area contributed by atoms with Crippen LogP contribution in [0, 0.1) is 0 Å². The van der Waals surface area contributed by atoms with Crippen LogP contribution in [0.15, 0.2) is 249 Å². The van der Waals surface area contributed by atoms with Gasteiger partial charge in [-0.1, -0.05) is 269 Å². The summed E-state index contributed by atoms with van der Waals surface area (Å²) in [6.07, 6.45) is 0. The van der Waals surface area contributed by atoms with Crippen LogP contribution in [-0.4, -0.2) is 25.0 Å². The van der Waals surface area contributed by atoms with Crippen LogP contribution in [0.3, 0.4) is 0 Å². The Balaban J connectivity index is 0.953. The van der Waals surface area contributed by atoms with Crippen molar-refractivity contribution >= 4 is 175 Å². The lowest BCUT2D eigenvalue weighted by Gasteiger charge is -2.35. The van der Waals surface area contributed by atoms with Crippen LogP contribution in [0.1, 0.15) is 157 Å². The second-order valence-electron chi connectivity index (χ2n) is 38.7. The molecule has 5 heteroatoms. The normalized spacial score (nSPS) is 13.6. The maximum atomic E-state index is 2.79. The molecule has 0 amide bonds. The zero-order chi connectivity index (χ0) is 76.8. The predicted octanol–water partition coefficient (Wildman–Crippen LogP) is 27.4. The summed E-state index contributed by atoms with van der Waals surface area (Å²) < 4.78 is 10.7. The molecule has 0 spiro atoms. The number of aromatic nitrogens is 4. The van der Waals surface area contributed by atoms with Gasteiger partial charge in [-0.15, -0.1) is 0 Å². The van der Waals surface area contributed by atoms with E-state index in [1.807, 2.05) is 0 Å². The van der Waals surface area contributed by atoms with E-state index in [9.17, 15) is 0 Å². The van der Waals surface area contributed by atoms with Crippen molar-refractivity contribution in [3.63, 3.8) is 0 Å². The van der Waals surface area contributed by atoms with Gasteiger partial charge in [0.1, 0.15) is 0 Å². The minimum Gasteiger partial charge on any atom is -0.310 e. The van der Waals surface area contributed by atoms with Gasteiger partial charge >= 0.3 is 0 Å². The van der Waals surface area contributed by atoms with E-state index in [1.54, 1.807) is 0 Å². The topological polar surface area (TPSA) is 19.7 Å². The number of rotatable bonds is 4. The molecule has 6 heterocycles. The molecule has 0 bridgehead atoms. The zero-order valence-corrected chi connectivity index (χ0v) is 67.6. The van der Waals surface area contributed by atoms with Gasteiger partial charge in [0.15, 0.2) is 0 Å². The van der Waals surface area contributed by atoms with Gasteiger partial charge in [0.25, 0.3) is 6.71 Å². The Hall–Kier alpha value is -11.7. The van der Waals surface area contributed by atoms with Crippen LogP contribution in [-0.2, 0) is 27.1 Å². The molecular weight excluding hydrogens is 1350 g/mol. The minimum atomic E-state index is -0.163. The summed E-state index contributed by atoms with van der Waals surface area (Å²) in [5.41, 5.74) is 28.4. The zero-order valence-electron chi connectivity index (χ0n) is 67.6. The Morgan fingerprint density at radius 2 is 0.625 bits per heavy atom. The third kappa shape index (κ3) is 9.25. The number of hydrogen-bond donors (Lipinski definition) is 0. The summed E-state index contributed by atoms with van der Waals surface area (Å²) in [6, 6.07) is 99.4. The van der Waals surface area contributed by atoms with Crippen LogP contribution in [0.2, 0.25) is 0 Å². The van der Waals surface area contributed by atoms with Crippen molar-refractivity contribution in [1.82, 2.24) is 18.3 Å². The molecule has 22 rings (SSSR count). The van der Waals surface area contributed by atoms with E-state index in [0.29, 0.717) is 5.92 Å². The van der Waals surface area contributed by atoms with Crippen molar-refractivity contribution in [3.8, 4) is 33.9 Å². The molecule has 0 saturated heterocycles. The highest BCUT2D eigenvalue weighted by Crippen LogP contribution is 2.52. The first-order chi connectivity index (χ1) is 53.6. The molecular formula is C107H93BN4. The molecule has 112 heavy (non-hydrogen) atoms. The number of nitrogens with zero attached hydrogens (tertiary/aromatic N) is 4. The second kappa shape index (κ2) is 22.6. The summed E-state index contributed by atoms with van der Waals surface area (Å²) in [6.45, 7) is 40.0. The summed E-state index contributed by atoms with van der Waals surface area (Å²) in [4.78, 5) is 0. The third-order valence-corrected chi connectivity index (χ3v) is 26.4. The van der Waals surface area contributed by atoms with E-state index in [2.05, 4.69) is 385 Å². The molecule has 4 nitrogen and oxygen atoms in total. The molecule has 16 aromatic carbocycles. The van der Waals surface area contributed by atoms with Crippen LogP contribution in [0.5, 0.6) is 0 Å². The first-order valence-corrected chi connectivity index (χ1v) is 40.8. The van der Waals surface area contributed by atoms with Gasteiger partial charge in [0.2, 0.25) is 0 Å². The van der Waals surface area contributed by atoms with Gasteiger partial charge in [0.05, 0.1) is 44.3 Å². The van der Waals surface area contributed by atoms with Crippen molar-refractivity contribution in [3.05, 3.63) is 282 Å². The largest absolute Gasteiger partial charge is 0.310 e. The fraction of sp³-hybridized carbons (Fsp3) is 0.215. The molecule has 20 aromatic rings. The Morgan fingerprint density at radius 3 is 1.10 bits per heavy atom. The quantitative estimate of drug-likeness (QED) is 0.124. The molecule has 0 fully saturated rings. The van der Waals surface area contributed by atoms with Gasteiger partial charge in [-0.3, -0.25) is 0 Å². The standard InChI is InChI=1S/C107H93BN4/c1-59(2)60-34-42-91-78(48-60)84-55-66(107(15,16)17)56-85-101(84)111(91)94-49-61(50-95-100(94)108(85)86-58-83-74-31-21-19-27-70(74)72-29-23-25-33-76(72)97(83)99-98-92(112(95)102(86)99)47-41-77-73-30-20-18-26-69(73)71-28-22-24-32-75(71)96(77)98)68-40-39-67(109-87-43-35-62(103(3,4)5)51-79(87)80-52-63(104(6,7)8)36-44-88(80)109)57-93(68)110-89-45-37-64(105(9,10)11)53-81(89)82-54-65(106(12,13)14)38-46-90(82)110/h18-59H,1-17H3. The summed E-state index contributed by atoms with van der Waals surface area (Å²) in [5, 5.41) is 25.7.